The van der Waals surface area contributed by atoms with Gasteiger partial charge < -0.3 is 19.8 Å². The Labute approximate surface area is 230 Å². The lowest BCUT2D eigenvalue weighted by molar-refractivity contribution is -0.139. The number of anilines is 3. The molecule has 0 saturated carbocycles. The highest BCUT2D eigenvalue weighted by molar-refractivity contribution is 6.09. The van der Waals surface area contributed by atoms with Crippen LogP contribution < -0.4 is 14.5 Å². The third-order valence-electron chi connectivity index (χ3n) is 7.31. The third kappa shape index (κ3) is 5.70. The summed E-state index contributed by atoms with van der Waals surface area (Å²) in [5, 5.41) is 21.3. The first kappa shape index (κ1) is 28.3. The molecule has 7 heteroatoms. The maximum atomic E-state index is 13.9. The van der Waals surface area contributed by atoms with E-state index in [-0.39, 0.29) is 19.1 Å². The zero-order valence-corrected chi connectivity index (χ0v) is 23.2. The number of carbonyl (C=O) groups is 2. The summed E-state index contributed by atoms with van der Waals surface area (Å²) in [6, 6.07) is 12.7. The van der Waals surface area contributed by atoms with Crippen LogP contribution in [0.3, 0.4) is 0 Å². The zero-order chi connectivity index (χ0) is 28.2. The number of amides is 2. The van der Waals surface area contributed by atoms with E-state index in [0.29, 0.717) is 41.3 Å². The molecule has 4 rings (SSSR count). The maximum Gasteiger partial charge on any atom is 0.269 e. The summed E-state index contributed by atoms with van der Waals surface area (Å²) in [5.41, 5.74) is 2.87. The van der Waals surface area contributed by atoms with Gasteiger partial charge in [-0.3, -0.25) is 14.5 Å². The summed E-state index contributed by atoms with van der Waals surface area (Å²) in [6.07, 6.45) is 10.0. The summed E-state index contributed by atoms with van der Waals surface area (Å²) in [5.74, 6) is -0.604. The Balaban J connectivity index is 1.74. The van der Waals surface area contributed by atoms with Crippen molar-refractivity contribution < 1.29 is 24.5 Å². The molecule has 0 spiro atoms. The van der Waals surface area contributed by atoms with Crippen LogP contribution in [0.5, 0.6) is 5.75 Å². The van der Waals surface area contributed by atoms with Crippen molar-refractivity contribution in [1.29, 1.82) is 0 Å². The largest absolute Gasteiger partial charge is 0.482 e. The Morgan fingerprint density at radius 3 is 2.59 bits per heavy atom. The quantitative estimate of drug-likeness (QED) is 0.394. The van der Waals surface area contributed by atoms with Crippen molar-refractivity contribution in [2.75, 3.05) is 29.6 Å². The smallest absolute Gasteiger partial charge is 0.269 e. The van der Waals surface area contributed by atoms with E-state index in [2.05, 4.69) is 26.8 Å². The zero-order valence-electron chi connectivity index (χ0n) is 23.2. The first-order valence-corrected chi connectivity index (χ1v) is 13.5. The number of aliphatic hydroxyl groups is 2. The highest BCUT2D eigenvalue weighted by atomic mass is 16.5. The molecule has 0 bridgehead atoms. The van der Waals surface area contributed by atoms with Gasteiger partial charge in [0.05, 0.1) is 11.4 Å². The van der Waals surface area contributed by atoms with E-state index < -0.39 is 17.4 Å². The monoisotopic (exact) mass is 530 g/mol. The molecule has 0 aromatic heterocycles. The summed E-state index contributed by atoms with van der Waals surface area (Å²) in [4.78, 5) is 30.0. The van der Waals surface area contributed by atoms with Crippen molar-refractivity contribution in [3.8, 4) is 5.75 Å². The summed E-state index contributed by atoms with van der Waals surface area (Å²) in [6.45, 7) is 8.22. The van der Waals surface area contributed by atoms with Gasteiger partial charge in [0.2, 0.25) is 0 Å². The van der Waals surface area contributed by atoms with Gasteiger partial charge in [0.15, 0.2) is 12.2 Å². The Morgan fingerprint density at radius 1 is 1.08 bits per heavy atom. The highest BCUT2D eigenvalue weighted by Gasteiger charge is 2.52. The minimum Gasteiger partial charge on any atom is -0.482 e. The van der Waals surface area contributed by atoms with Crippen molar-refractivity contribution in [1.82, 2.24) is 0 Å². The van der Waals surface area contributed by atoms with Gasteiger partial charge in [0.25, 0.3) is 11.8 Å². The molecule has 2 aliphatic rings. The SMILES string of the molecule is CC(C)=CCC/C(C)=C/CN1C(=O)[C@@](O)([C@@H](C)/C=C/CCO)c2cc(N3C(=O)COc4ccccc43)ccc21. The molecule has 2 N–H and O–H groups in total. The number of para-hydroxylation sites is 2. The minimum atomic E-state index is -1.82. The molecule has 2 atom stereocenters. The lowest BCUT2D eigenvalue weighted by Gasteiger charge is -2.31. The molecule has 2 aromatic carbocycles. The average molecular weight is 531 g/mol. The molecule has 0 saturated heterocycles. The summed E-state index contributed by atoms with van der Waals surface area (Å²) < 4.78 is 5.60. The fourth-order valence-corrected chi connectivity index (χ4v) is 5.09. The number of rotatable bonds is 10. The van der Waals surface area contributed by atoms with E-state index in [9.17, 15) is 19.8 Å². The van der Waals surface area contributed by atoms with E-state index in [1.165, 1.54) is 11.1 Å². The molecule has 2 aromatic rings. The fraction of sp³-hybridized carbons (Fsp3) is 0.375. The Kier molecular flexibility index (Phi) is 8.73. The van der Waals surface area contributed by atoms with Gasteiger partial charge in [-0.05, 0) is 70.4 Å². The molecule has 39 heavy (non-hydrogen) atoms. The molecule has 2 amide bonds. The molecule has 206 valence electrons. The number of nitrogens with zero attached hydrogens (tertiary/aromatic N) is 2. The minimum absolute atomic E-state index is 0.0160. The number of hydrogen-bond donors (Lipinski definition) is 2. The first-order valence-electron chi connectivity index (χ1n) is 13.5. The van der Waals surface area contributed by atoms with Gasteiger partial charge in [0, 0.05) is 30.3 Å². The molecule has 7 nitrogen and oxygen atoms in total. The predicted octanol–water partition coefficient (Wildman–Crippen LogP) is 5.55. The van der Waals surface area contributed by atoms with Crippen LogP contribution in [0.1, 0.15) is 52.5 Å². The number of carbonyl (C=O) groups excluding carboxylic acids is 2. The number of fused-ring (bicyclic) bond motifs is 2. The van der Waals surface area contributed by atoms with Gasteiger partial charge >= 0.3 is 0 Å². The standard InChI is InChI=1S/C32H38N2O5/c1-22(2)10-9-11-23(3)17-18-33-27-16-15-25(34-28-13-5-6-14-29(28)39-21-30(34)36)20-26(27)32(38,31(33)37)24(4)12-7-8-19-35/h5-7,10,12-17,20,24,35,38H,8-9,11,18-19,21H2,1-4H3/b12-7+,23-17+/t24-,32+/m0/s1. The second kappa shape index (κ2) is 12.0. The van der Waals surface area contributed by atoms with Gasteiger partial charge in [-0.15, -0.1) is 0 Å². The summed E-state index contributed by atoms with van der Waals surface area (Å²) in [7, 11) is 0. The Bertz CT molecular complexity index is 1320. The number of aliphatic hydroxyl groups excluding tert-OH is 1. The van der Waals surface area contributed by atoms with Crippen molar-refractivity contribution in [3.05, 3.63) is 83.5 Å². The third-order valence-corrected chi connectivity index (χ3v) is 7.31. The van der Waals surface area contributed by atoms with Crippen molar-refractivity contribution in [2.45, 2.75) is 52.6 Å². The normalized spacial score (nSPS) is 19.7. The molecular formula is C32H38N2O5. The molecule has 2 aliphatic heterocycles. The van der Waals surface area contributed by atoms with Crippen molar-refractivity contribution >= 4 is 28.9 Å². The van der Waals surface area contributed by atoms with Crippen LogP contribution in [0, 0.1) is 5.92 Å². The Morgan fingerprint density at radius 2 is 1.85 bits per heavy atom. The van der Waals surface area contributed by atoms with Gasteiger partial charge in [-0.25, -0.2) is 0 Å². The van der Waals surface area contributed by atoms with Crippen molar-refractivity contribution in [2.24, 2.45) is 5.92 Å². The molecule has 2 heterocycles. The Hall–Kier alpha value is -3.68. The van der Waals surface area contributed by atoms with E-state index in [1.54, 1.807) is 34.9 Å². The van der Waals surface area contributed by atoms with Crippen molar-refractivity contribution in [3.63, 3.8) is 0 Å². The number of allylic oxidation sites excluding steroid dienone is 3. The van der Waals surface area contributed by atoms with Gasteiger partial charge in [-0.2, -0.15) is 0 Å². The lowest BCUT2D eigenvalue weighted by Crippen LogP contribution is -2.44. The second-order valence-corrected chi connectivity index (χ2v) is 10.5. The topological polar surface area (TPSA) is 90.3 Å². The van der Waals surface area contributed by atoms with Crippen LogP contribution in [0.2, 0.25) is 0 Å². The molecule has 0 unspecified atom stereocenters. The molecule has 0 radical (unpaired) electrons. The van der Waals surface area contributed by atoms with E-state index in [1.807, 2.05) is 42.5 Å². The van der Waals surface area contributed by atoms with E-state index in [4.69, 9.17) is 4.74 Å². The van der Waals surface area contributed by atoms with Crippen LogP contribution in [0.15, 0.2) is 77.9 Å². The number of benzene rings is 2. The van der Waals surface area contributed by atoms with E-state index >= 15 is 0 Å². The van der Waals surface area contributed by atoms with Gasteiger partial charge in [-0.1, -0.05) is 54.5 Å². The van der Waals surface area contributed by atoms with E-state index in [0.717, 1.165) is 12.8 Å². The van der Waals surface area contributed by atoms with Gasteiger partial charge in [0.1, 0.15) is 5.75 Å². The first-order chi connectivity index (χ1) is 18.7. The van der Waals surface area contributed by atoms with Crippen LogP contribution in [0.25, 0.3) is 0 Å². The van der Waals surface area contributed by atoms with Crippen LogP contribution >= 0.6 is 0 Å². The molecule has 0 fully saturated rings. The average Bonchev–Trinajstić information content (AvgIpc) is 3.13. The molecular weight excluding hydrogens is 492 g/mol. The lowest BCUT2D eigenvalue weighted by atomic mass is 9.82. The number of ether oxygens (including phenoxy) is 1. The maximum absolute atomic E-state index is 13.9. The highest BCUT2D eigenvalue weighted by Crippen LogP contribution is 2.48. The molecule has 0 aliphatic carbocycles. The second-order valence-electron chi connectivity index (χ2n) is 10.5. The number of hydrogen-bond acceptors (Lipinski definition) is 5. The van der Waals surface area contributed by atoms with Crippen LogP contribution in [0.4, 0.5) is 17.1 Å². The fourth-order valence-electron chi connectivity index (χ4n) is 5.09. The predicted molar refractivity (Wildman–Crippen MR) is 154 cm³/mol. The summed E-state index contributed by atoms with van der Waals surface area (Å²) >= 11 is 0. The van der Waals surface area contributed by atoms with Crippen LogP contribution in [-0.2, 0) is 15.2 Å². The van der Waals surface area contributed by atoms with Crippen LogP contribution in [-0.4, -0.2) is 41.8 Å².